The molecule has 2 heteroatoms. The van der Waals surface area contributed by atoms with Gasteiger partial charge in [0.15, 0.2) is 0 Å². The summed E-state index contributed by atoms with van der Waals surface area (Å²) in [5.41, 5.74) is 3.87. The van der Waals surface area contributed by atoms with E-state index in [2.05, 4.69) is 61.1 Å². The van der Waals surface area contributed by atoms with Crippen LogP contribution in [0.5, 0.6) is 0 Å². The summed E-state index contributed by atoms with van der Waals surface area (Å²) in [6, 6.07) is 5.08. The molecule has 1 nitrogen and oxygen atoms in total. The van der Waals surface area contributed by atoms with Crippen molar-refractivity contribution in [3.05, 3.63) is 27.7 Å². The first-order chi connectivity index (χ1) is 8.08. The Balaban J connectivity index is 2.78. The van der Waals surface area contributed by atoms with Crippen molar-refractivity contribution in [2.24, 2.45) is 0 Å². The lowest BCUT2D eigenvalue weighted by Gasteiger charge is -2.20. The molecular formula is C15H24BrN. The average Bonchev–Trinajstić information content (AvgIpc) is 2.26. The lowest BCUT2D eigenvalue weighted by atomic mass is 10.1. The Labute approximate surface area is 114 Å². The molecule has 0 spiro atoms. The highest BCUT2D eigenvalue weighted by Gasteiger charge is 2.08. The quantitative estimate of drug-likeness (QED) is 0.736. The monoisotopic (exact) mass is 297 g/mol. The van der Waals surface area contributed by atoms with Crippen molar-refractivity contribution in [1.82, 2.24) is 0 Å². The molecule has 0 atom stereocenters. The van der Waals surface area contributed by atoms with Crippen LogP contribution in [0, 0.1) is 13.8 Å². The van der Waals surface area contributed by atoms with Gasteiger partial charge in [0.1, 0.15) is 0 Å². The number of anilines is 1. The second-order valence-electron chi connectivity index (χ2n) is 4.84. The van der Waals surface area contributed by atoms with Crippen LogP contribution in [0.4, 0.5) is 5.69 Å². The van der Waals surface area contributed by atoms with Gasteiger partial charge in [0.05, 0.1) is 0 Å². The highest BCUT2D eigenvalue weighted by atomic mass is 79.9. The second-order valence-corrected chi connectivity index (χ2v) is 5.64. The highest BCUT2D eigenvalue weighted by molar-refractivity contribution is 9.10. The van der Waals surface area contributed by atoms with E-state index in [0.29, 0.717) is 6.04 Å². The molecule has 96 valence electrons. The Kier molecular flexibility index (Phi) is 6.04. The maximum Gasteiger partial charge on any atom is 0.0348 e. The molecular weight excluding hydrogens is 274 g/mol. The van der Waals surface area contributed by atoms with E-state index < -0.39 is 0 Å². The van der Waals surface area contributed by atoms with Crippen molar-refractivity contribution in [1.29, 1.82) is 0 Å². The van der Waals surface area contributed by atoms with Crippen LogP contribution in [-0.4, -0.2) is 6.04 Å². The molecule has 1 N–H and O–H groups in total. The van der Waals surface area contributed by atoms with Crippen molar-refractivity contribution in [3.63, 3.8) is 0 Å². The van der Waals surface area contributed by atoms with E-state index >= 15 is 0 Å². The van der Waals surface area contributed by atoms with Gasteiger partial charge in [-0.05, 0) is 49.9 Å². The molecule has 0 unspecified atom stereocenters. The van der Waals surface area contributed by atoms with Gasteiger partial charge < -0.3 is 5.32 Å². The van der Waals surface area contributed by atoms with Crippen molar-refractivity contribution >= 4 is 21.6 Å². The molecule has 0 aromatic heterocycles. The van der Waals surface area contributed by atoms with Gasteiger partial charge >= 0.3 is 0 Å². The molecule has 0 amide bonds. The first kappa shape index (κ1) is 14.6. The van der Waals surface area contributed by atoms with E-state index in [1.54, 1.807) is 0 Å². The van der Waals surface area contributed by atoms with E-state index in [1.807, 2.05) is 0 Å². The Hall–Kier alpha value is -0.500. The van der Waals surface area contributed by atoms with Gasteiger partial charge in [-0.3, -0.25) is 0 Å². The van der Waals surface area contributed by atoms with Crippen LogP contribution in [0.2, 0.25) is 0 Å². The minimum Gasteiger partial charge on any atom is -0.382 e. The fourth-order valence-electron chi connectivity index (χ4n) is 2.25. The van der Waals surface area contributed by atoms with Gasteiger partial charge in [-0.15, -0.1) is 0 Å². The number of hydrogen-bond donors (Lipinski definition) is 1. The van der Waals surface area contributed by atoms with Crippen LogP contribution in [-0.2, 0) is 0 Å². The third-order valence-corrected chi connectivity index (χ3v) is 4.33. The molecule has 0 bridgehead atoms. The summed E-state index contributed by atoms with van der Waals surface area (Å²) in [4.78, 5) is 0. The molecule has 0 aliphatic rings. The lowest BCUT2D eigenvalue weighted by molar-refractivity contribution is 0.586. The van der Waals surface area contributed by atoms with Gasteiger partial charge in [-0.2, -0.15) is 0 Å². The zero-order valence-corrected chi connectivity index (χ0v) is 13.0. The molecule has 0 aliphatic heterocycles. The van der Waals surface area contributed by atoms with Crippen LogP contribution in [0.3, 0.4) is 0 Å². The van der Waals surface area contributed by atoms with Gasteiger partial charge in [0, 0.05) is 16.2 Å². The fraction of sp³-hybridized carbons (Fsp3) is 0.600. The van der Waals surface area contributed by atoms with Crippen molar-refractivity contribution in [3.8, 4) is 0 Å². The van der Waals surface area contributed by atoms with Gasteiger partial charge in [-0.25, -0.2) is 0 Å². The summed E-state index contributed by atoms with van der Waals surface area (Å²) < 4.78 is 1.23. The number of halogens is 1. The number of aryl methyl sites for hydroxylation is 2. The highest BCUT2D eigenvalue weighted by Crippen LogP contribution is 2.26. The van der Waals surface area contributed by atoms with E-state index in [-0.39, 0.29) is 0 Å². The third-order valence-electron chi connectivity index (χ3n) is 3.08. The summed E-state index contributed by atoms with van der Waals surface area (Å²) in [7, 11) is 0. The largest absolute Gasteiger partial charge is 0.382 e. The predicted molar refractivity (Wildman–Crippen MR) is 80.8 cm³/mol. The Morgan fingerprint density at radius 3 is 1.94 bits per heavy atom. The summed E-state index contributed by atoms with van der Waals surface area (Å²) in [6.07, 6.45) is 4.99. The number of hydrogen-bond acceptors (Lipinski definition) is 1. The van der Waals surface area contributed by atoms with E-state index in [0.717, 1.165) is 0 Å². The topological polar surface area (TPSA) is 12.0 Å². The zero-order chi connectivity index (χ0) is 12.8. The first-order valence-electron chi connectivity index (χ1n) is 6.61. The molecule has 1 aromatic carbocycles. The molecule has 0 heterocycles. The van der Waals surface area contributed by atoms with E-state index in [4.69, 9.17) is 0 Å². The zero-order valence-electron chi connectivity index (χ0n) is 11.4. The molecule has 1 aromatic rings. The summed E-state index contributed by atoms with van der Waals surface area (Å²) in [5, 5.41) is 3.67. The van der Waals surface area contributed by atoms with Crippen LogP contribution in [0.1, 0.15) is 50.7 Å². The Morgan fingerprint density at radius 1 is 1.06 bits per heavy atom. The van der Waals surface area contributed by atoms with Gasteiger partial charge in [-0.1, -0.05) is 42.6 Å². The second kappa shape index (κ2) is 7.05. The van der Waals surface area contributed by atoms with Gasteiger partial charge in [0.25, 0.3) is 0 Å². The van der Waals surface area contributed by atoms with Crippen molar-refractivity contribution in [2.45, 2.75) is 59.4 Å². The summed E-state index contributed by atoms with van der Waals surface area (Å²) >= 11 is 3.61. The maximum atomic E-state index is 3.67. The maximum absolute atomic E-state index is 3.67. The van der Waals surface area contributed by atoms with Gasteiger partial charge in [0.2, 0.25) is 0 Å². The van der Waals surface area contributed by atoms with Crippen LogP contribution in [0.15, 0.2) is 16.6 Å². The third kappa shape index (κ3) is 4.34. The molecule has 0 fully saturated rings. The minimum absolute atomic E-state index is 0.616. The Bertz CT molecular complexity index is 331. The number of benzene rings is 1. The van der Waals surface area contributed by atoms with E-state index in [9.17, 15) is 0 Å². The number of nitrogens with one attached hydrogen (secondary N) is 1. The van der Waals surface area contributed by atoms with E-state index in [1.165, 1.54) is 47.0 Å². The van der Waals surface area contributed by atoms with Crippen molar-refractivity contribution < 1.29 is 0 Å². The normalized spacial score (nSPS) is 10.9. The summed E-state index contributed by atoms with van der Waals surface area (Å²) in [5.74, 6) is 0. The summed E-state index contributed by atoms with van der Waals surface area (Å²) in [6.45, 7) is 8.80. The minimum atomic E-state index is 0.616. The van der Waals surface area contributed by atoms with Crippen molar-refractivity contribution in [2.75, 3.05) is 5.32 Å². The SMILES string of the molecule is CCCC(CCC)Nc1cc(C)c(Br)c(C)c1. The molecule has 0 saturated heterocycles. The molecule has 0 aliphatic carbocycles. The van der Waals surface area contributed by atoms with Crippen LogP contribution < -0.4 is 5.32 Å². The molecule has 1 rings (SSSR count). The molecule has 0 saturated carbocycles. The molecule has 0 radical (unpaired) electrons. The Morgan fingerprint density at radius 2 is 1.53 bits per heavy atom. The average molecular weight is 298 g/mol. The van der Waals surface area contributed by atoms with Crippen LogP contribution in [0.25, 0.3) is 0 Å². The smallest absolute Gasteiger partial charge is 0.0348 e. The fourth-order valence-corrected chi connectivity index (χ4v) is 2.48. The lowest BCUT2D eigenvalue weighted by Crippen LogP contribution is -2.19. The molecule has 17 heavy (non-hydrogen) atoms. The van der Waals surface area contributed by atoms with Crippen LogP contribution >= 0.6 is 15.9 Å². The first-order valence-corrected chi connectivity index (χ1v) is 7.41. The predicted octanol–water partition coefficient (Wildman–Crippen LogP) is 5.45. The standard InChI is InChI=1S/C15H24BrN/c1-5-7-13(8-6-2)17-14-9-11(3)15(16)12(4)10-14/h9-10,13,17H,5-8H2,1-4H3. The number of rotatable bonds is 6.